The lowest BCUT2D eigenvalue weighted by molar-refractivity contribution is -0.660. The van der Waals surface area contributed by atoms with Crippen molar-refractivity contribution in [2.75, 3.05) is 0 Å². The molecule has 0 amide bonds. The van der Waals surface area contributed by atoms with Crippen LogP contribution in [0.3, 0.4) is 0 Å². The molecule has 0 saturated heterocycles. The number of aromatic nitrogens is 2. The standard InChI is InChI=1S/C28H25N2O/c1-16-10-12-30(5)23(13-16)25-17(2)8-9-18-21-14-22-20(15-24(21)31-26(18)25)19-7-6-11-29-27(19)28(22,3)4/h6-15H,1-5H3/q+1/i1D3,3D3. The van der Waals surface area contributed by atoms with Crippen LogP contribution in [0.4, 0.5) is 0 Å². The van der Waals surface area contributed by atoms with Gasteiger partial charge in [-0.15, -0.1) is 0 Å². The predicted octanol–water partition coefficient (Wildman–Crippen LogP) is 6.40. The fraction of sp³-hybridized carbons (Fsp3) is 0.214. The Balaban J connectivity index is 1.68. The lowest BCUT2D eigenvalue weighted by Crippen LogP contribution is -2.30. The van der Waals surface area contributed by atoms with Gasteiger partial charge in [-0.1, -0.05) is 32.0 Å². The first kappa shape index (κ1) is 13.1. The number of aryl methyl sites for hydroxylation is 3. The van der Waals surface area contributed by atoms with Crippen LogP contribution >= 0.6 is 0 Å². The molecule has 0 fully saturated rings. The Morgan fingerprint density at radius 3 is 2.81 bits per heavy atom. The second-order valence-electron chi connectivity index (χ2n) is 8.57. The number of hydrogen-bond donors (Lipinski definition) is 0. The molecule has 0 aliphatic heterocycles. The highest BCUT2D eigenvalue weighted by molar-refractivity contribution is 6.11. The number of benzene rings is 2. The minimum absolute atomic E-state index is 0.254. The molecule has 2 aromatic carbocycles. The molecular formula is C28H25N2O+. The summed E-state index contributed by atoms with van der Waals surface area (Å²) in [6, 6.07) is 14.8. The number of pyridine rings is 2. The Morgan fingerprint density at radius 1 is 1.06 bits per heavy atom. The fourth-order valence-corrected chi connectivity index (χ4v) is 4.91. The molecular weight excluding hydrogens is 380 g/mol. The predicted molar refractivity (Wildman–Crippen MR) is 125 cm³/mol. The second-order valence-corrected chi connectivity index (χ2v) is 8.57. The van der Waals surface area contributed by atoms with Crippen molar-refractivity contribution in [2.24, 2.45) is 7.05 Å². The van der Waals surface area contributed by atoms with E-state index in [1.807, 2.05) is 54.9 Å². The van der Waals surface area contributed by atoms with E-state index in [-0.39, 0.29) is 5.56 Å². The van der Waals surface area contributed by atoms with Crippen molar-refractivity contribution < 1.29 is 17.2 Å². The van der Waals surface area contributed by atoms with Gasteiger partial charge < -0.3 is 4.42 Å². The maximum atomic E-state index is 8.41. The molecule has 1 atom stereocenters. The lowest BCUT2D eigenvalue weighted by atomic mass is 9.84. The normalized spacial score (nSPS) is 21.0. The molecule has 0 N–H and O–H groups in total. The summed E-state index contributed by atoms with van der Waals surface area (Å²) in [6.07, 6.45) is 3.38. The van der Waals surface area contributed by atoms with Crippen LogP contribution in [0.5, 0.6) is 0 Å². The highest BCUT2D eigenvalue weighted by Gasteiger charge is 2.37. The minimum atomic E-state index is -2.31. The van der Waals surface area contributed by atoms with E-state index in [2.05, 4.69) is 4.98 Å². The van der Waals surface area contributed by atoms with Crippen LogP contribution in [0, 0.1) is 13.8 Å². The zero-order valence-electron chi connectivity index (χ0n) is 23.6. The molecule has 0 bridgehead atoms. The van der Waals surface area contributed by atoms with Gasteiger partial charge in [-0.3, -0.25) is 4.98 Å². The molecule has 3 aromatic heterocycles. The number of hydrogen-bond acceptors (Lipinski definition) is 2. The van der Waals surface area contributed by atoms with Gasteiger partial charge in [0, 0.05) is 48.3 Å². The van der Waals surface area contributed by atoms with Gasteiger partial charge in [0.25, 0.3) is 0 Å². The van der Waals surface area contributed by atoms with Crippen LogP contribution in [0.25, 0.3) is 44.3 Å². The topological polar surface area (TPSA) is 29.9 Å². The molecule has 6 rings (SSSR count). The van der Waals surface area contributed by atoms with E-state index in [0.29, 0.717) is 22.4 Å². The lowest BCUT2D eigenvalue weighted by Gasteiger charge is -2.19. The van der Waals surface area contributed by atoms with Gasteiger partial charge in [0.2, 0.25) is 5.69 Å². The van der Waals surface area contributed by atoms with Crippen molar-refractivity contribution in [1.29, 1.82) is 0 Å². The van der Waals surface area contributed by atoms with Crippen molar-refractivity contribution in [1.82, 2.24) is 4.98 Å². The summed E-state index contributed by atoms with van der Waals surface area (Å²) in [5.41, 5.74) is 5.61. The van der Waals surface area contributed by atoms with E-state index in [4.69, 9.17) is 12.6 Å². The van der Waals surface area contributed by atoms with Gasteiger partial charge in [-0.2, -0.15) is 0 Å². The van der Waals surface area contributed by atoms with Gasteiger partial charge in [0.1, 0.15) is 18.2 Å². The molecule has 0 radical (unpaired) electrons. The Kier molecular flexibility index (Phi) is 2.54. The van der Waals surface area contributed by atoms with E-state index in [0.717, 1.165) is 38.7 Å². The van der Waals surface area contributed by atoms with Gasteiger partial charge >= 0.3 is 0 Å². The molecule has 1 unspecified atom stereocenters. The van der Waals surface area contributed by atoms with Gasteiger partial charge in [0.15, 0.2) is 6.20 Å². The Hall–Kier alpha value is -3.46. The van der Waals surface area contributed by atoms with Crippen LogP contribution in [0.15, 0.2) is 65.3 Å². The quantitative estimate of drug-likeness (QED) is 0.299. The molecule has 3 nitrogen and oxygen atoms in total. The summed E-state index contributed by atoms with van der Waals surface area (Å²) in [5, 5.41) is 1.66. The van der Waals surface area contributed by atoms with E-state index in [1.165, 1.54) is 0 Å². The zero-order valence-corrected chi connectivity index (χ0v) is 17.6. The van der Waals surface area contributed by atoms with Crippen LogP contribution in [-0.4, -0.2) is 4.98 Å². The van der Waals surface area contributed by atoms with Crippen molar-refractivity contribution >= 4 is 21.9 Å². The smallest absolute Gasteiger partial charge is 0.216 e. The molecule has 31 heavy (non-hydrogen) atoms. The number of fused-ring (bicyclic) bond motifs is 6. The van der Waals surface area contributed by atoms with E-state index < -0.39 is 19.1 Å². The van der Waals surface area contributed by atoms with Crippen molar-refractivity contribution in [3.05, 3.63) is 83.3 Å². The highest BCUT2D eigenvalue weighted by Crippen LogP contribution is 2.50. The Morgan fingerprint density at radius 2 is 1.97 bits per heavy atom. The maximum absolute atomic E-state index is 8.41. The largest absolute Gasteiger partial charge is 0.455 e. The van der Waals surface area contributed by atoms with Crippen molar-refractivity contribution in [3.8, 4) is 22.4 Å². The summed E-state index contributed by atoms with van der Waals surface area (Å²) < 4.78 is 57.2. The Labute approximate surface area is 190 Å². The molecule has 152 valence electrons. The maximum Gasteiger partial charge on any atom is 0.216 e. The van der Waals surface area contributed by atoms with Crippen LogP contribution in [-0.2, 0) is 12.5 Å². The van der Waals surface area contributed by atoms with Gasteiger partial charge in [0.05, 0.1) is 11.3 Å². The highest BCUT2D eigenvalue weighted by atomic mass is 16.3. The number of rotatable bonds is 1. The van der Waals surface area contributed by atoms with Gasteiger partial charge in [-0.25, -0.2) is 4.57 Å². The minimum Gasteiger partial charge on any atom is -0.455 e. The Bertz CT molecular complexity index is 1750. The summed E-state index contributed by atoms with van der Waals surface area (Å²) >= 11 is 0. The molecule has 3 heteroatoms. The number of furan rings is 1. The van der Waals surface area contributed by atoms with Crippen molar-refractivity contribution in [2.45, 2.75) is 33.0 Å². The van der Waals surface area contributed by atoms with E-state index >= 15 is 0 Å². The van der Waals surface area contributed by atoms with Crippen LogP contribution in [0.2, 0.25) is 0 Å². The van der Waals surface area contributed by atoms with Crippen molar-refractivity contribution in [3.63, 3.8) is 0 Å². The molecule has 3 heterocycles. The zero-order chi connectivity index (χ0) is 26.5. The summed E-state index contributed by atoms with van der Waals surface area (Å²) in [7, 11) is 1.87. The van der Waals surface area contributed by atoms with E-state index in [1.54, 1.807) is 31.5 Å². The molecule has 5 aromatic rings. The average Bonchev–Trinajstić information content (AvgIpc) is 3.31. The third-order valence-electron chi connectivity index (χ3n) is 6.50. The van der Waals surface area contributed by atoms with Crippen LogP contribution < -0.4 is 4.57 Å². The summed E-state index contributed by atoms with van der Waals surface area (Å²) in [4.78, 5) is 4.49. The first-order valence-corrected chi connectivity index (χ1v) is 10.3. The van der Waals surface area contributed by atoms with E-state index in [9.17, 15) is 0 Å². The first-order valence-electron chi connectivity index (χ1n) is 13.3. The molecule has 0 spiro atoms. The first-order chi connectivity index (χ1) is 17.3. The van der Waals surface area contributed by atoms with Gasteiger partial charge in [-0.05, 0) is 54.2 Å². The monoisotopic (exact) mass is 411 g/mol. The third-order valence-corrected chi connectivity index (χ3v) is 6.50. The third kappa shape index (κ3) is 2.40. The van der Waals surface area contributed by atoms with Crippen LogP contribution in [0.1, 0.15) is 44.4 Å². The average molecular weight is 412 g/mol. The number of nitrogens with zero attached hydrogens (tertiary/aromatic N) is 2. The summed E-state index contributed by atoms with van der Waals surface area (Å²) in [5.74, 6) is 0. The fourth-order valence-electron chi connectivity index (χ4n) is 4.91. The second kappa shape index (κ2) is 6.04. The SMILES string of the molecule is [2H]C([2H])([2H])c1cc[n+](C)c(-c2c(C)ccc3c2oc2cc4c(cc23)C(C)(C([2H])([2H])[2H])c2ncccc2-4)c1. The summed E-state index contributed by atoms with van der Waals surface area (Å²) in [6.45, 7) is -0.834. The molecule has 1 aliphatic carbocycles. The molecule has 1 aliphatic rings. The molecule has 0 saturated carbocycles.